The molecule has 0 heterocycles. The van der Waals surface area contributed by atoms with Crippen LogP contribution in [-0.4, -0.2) is 12.5 Å². The van der Waals surface area contributed by atoms with Gasteiger partial charge in [-0.2, -0.15) is 0 Å². The van der Waals surface area contributed by atoms with Crippen molar-refractivity contribution < 1.29 is 9.53 Å². The quantitative estimate of drug-likeness (QED) is 0.830. The number of benzene rings is 2. The lowest BCUT2D eigenvalue weighted by atomic mass is 10.1. The Kier molecular flexibility index (Phi) is 4.82. The van der Waals surface area contributed by atoms with Crippen LogP contribution in [0.2, 0.25) is 0 Å². The summed E-state index contributed by atoms with van der Waals surface area (Å²) in [5.41, 5.74) is 9.05. The highest BCUT2D eigenvalue weighted by Gasteiger charge is 2.14. The average Bonchev–Trinajstić information content (AvgIpc) is 2.48. The van der Waals surface area contributed by atoms with Crippen LogP contribution in [0.25, 0.3) is 0 Å². The van der Waals surface area contributed by atoms with Gasteiger partial charge in [-0.15, -0.1) is 0 Å². The molecule has 0 saturated heterocycles. The molecule has 3 N–H and O–H groups in total. The van der Waals surface area contributed by atoms with Crippen molar-refractivity contribution in [1.29, 1.82) is 0 Å². The van der Waals surface area contributed by atoms with E-state index < -0.39 is 0 Å². The summed E-state index contributed by atoms with van der Waals surface area (Å²) in [5, 5.41) is 2.91. The van der Waals surface area contributed by atoms with Gasteiger partial charge in [0.05, 0.1) is 17.9 Å². The van der Waals surface area contributed by atoms with Gasteiger partial charge >= 0.3 is 0 Å². The topological polar surface area (TPSA) is 64.3 Å². The molecule has 0 spiro atoms. The summed E-state index contributed by atoms with van der Waals surface area (Å²) >= 11 is 0. The number of rotatable bonds is 5. The third kappa shape index (κ3) is 3.54. The van der Waals surface area contributed by atoms with E-state index in [1.54, 1.807) is 18.2 Å². The predicted octanol–water partition coefficient (Wildman–Crippen LogP) is 2.91. The second kappa shape index (κ2) is 6.79. The Hall–Kier alpha value is -2.49. The van der Waals surface area contributed by atoms with Crippen molar-refractivity contribution >= 4 is 11.6 Å². The minimum atomic E-state index is -0.186. The molecule has 0 saturated carbocycles. The number of carbonyl (C=O) groups is 1. The predicted molar refractivity (Wildman–Crippen MR) is 84.4 cm³/mol. The van der Waals surface area contributed by atoms with Gasteiger partial charge in [0.25, 0.3) is 5.91 Å². The molecule has 2 aromatic carbocycles. The van der Waals surface area contributed by atoms with Crippen molar-refractivity contribution in [3.05, 3.63) is 59.2 Å². The van der Waals surface area contributed by atoms with Gasteiger partial charge in [0.15, 0.2) is 5.75 Å². The third-order valence-electron chi connectivity index (χ3n) is 3.28. The highest BCUT2D eigenvalue weighted by Crippen LogP contribution is 2.26. The van der Waals surface area contributed by atoms with Gasteiger partial charge in [-0.25, -0.2) is 0 Å². The molecule has 0 aromatic heterocycles. The Morgan fingerprint density at radius 3 is 2.67 bits per heavy atom. The standard InChI is InChI=1S/C17H20N2O2/c1-3-21-16-14(9-6-10-15(16)18)17(20)19-11-13-8-5-4-7-12(13)2/h4-10H,3,11,18H2,1-2H3,(H,19,20). The van der Waals surface area contributed by atoms with Gasteiger partial charge < -0.3 is 15.8 Å². The Balaban J connectivity index is 2.14. The molecule has 0 fully saturated rings. The number of ether oxygens (including phenoxy) is 1. The highest BCUT2D eigenvalue weighted by molar-refractivity contribution is 5.98. The van der Waals surface area contributed by atoms with Gasteiger partial charge in [-0.3, -0.25) is 4.79 Å². The van der Waals surface area contributed by atoms with Crippen LogP contribution in [0.5, 0.6) is 5.75 Å². The molecule has 1 amide bonds. The molecule has 0 radical (unpaired) electrons. The van der Waals surface area contributed by atoms with Gasteiger partial charge in [0, 0.05) is 6.54 Å². The molecule has 0 aliphatic carbocycles. The van der Waals surface area contributed by atoms with Gasteiger partial charge in [0.2, 0.25) is 0 Å². The van der Waals surface area contributed by atoms with E-state index in [4.69, 9.17) is 10.5 Å². The summed E-state index contributed by atoms with van der Waals surface area (Å²) in [6.07, 6.45) is 0. The van der Waals surface area contributed by atoms with Crippen LogP contribution in [0.4, 0.5) is 5.69 Å². The minimum Gasteiger partial charge on any atom is -0.491 e. The number of amides is 1. The van der Waals surface area contributed by atoms with Crippen LogP contribution in [-0.2, 0) is 6.54 Å². The molecule has 2 aromatic rings. The molecule has 0 atom stereocenters. The van der Waals surface area contributed by atoms with Crippen LogP contribution < -0.4 is 15.8 Å². The molecular weight excluding hydrogens is 264 g/mol. The van der Waals surface area contributed by atoms with Crippen LogP contribution in [0.15, 0.2) is 42.5 Å². The van der Waals surface area contributed by atoms with E-state index >= 15 is 0 Å². The highest BCUT2D eigenvalue weighted by atomic mass is 16.5. The zero-order valence-electron chi connectivity index (χ0n) is 12.3. The third-order valence-corrected chi connectivity index (χ3v) is 3.28. The SMILES string of the molecule is CCOc1c(N)cccc1C(=O)NCc1ccccc1C. The van der Waals surface area contributed by atoms with Crippen LogP contribution in [0.1, 0.15) is 28.4 Å². The zero-order valence-corrected chi connectivity index (χ0v) is 12.3. The van der Waals surface area contributed by atoms with E-state index in [2.05, 4.69) is 5.32 Å². The molecule has 0 bridgehead atoms. The number of hydrogen-bond acceptors (Lipinski definition) is 3. The van der Waals surface area contributed by atoms with Crippen molar-refractivity contribution in [2.75, 3.05) is 12.3 Å². The second-order valence-corrected chi connectivity index (χ2v) is 4.77. The van der Waals surface area contributed by atoms with Crippen molar-refractivity contribution in [3.63, 3.8) is 0 Å². The molecule has 0 aliphatic heterocycles. The monoisotopic (exact) mass is 284 g/mol. The molecule has 0 aliphatic rings. The van der Waals surface area contributed by atoms with Crippen molar-refractivity contribution in [2.24, 2.45) is 0 Å². The lowest BCUT2D eigenvalue weighted by Gasteiger charge is -2.13. The number of anilines is 1. The molecule has 21 heavy (non-hydrogen) atoms. The summed E-state index contributed by atoms with van der Waals surface area (Å²) in [4.78, 5) is 12.3. The van der Waals surface area contributed by atoms with Crippen LogP contribution in [0, 0.1) is 6.92 Å². The first kappa shape index (κ1) is 14.9. The maximum absolute atomic E-state index is 12.3. The van der Waals surface area contributed by atoms with Crippen molar-refractivity contribution in [3.8, 4) is 5.75 Å². The Morgan fingerprint density at radius 1 is 1.19 bits per heavy atom. The molecule has 4 heteroatoms. The van der Waals surface area contributed by atoms with Crippen LogP contribution in [0.3, 0.4) is 0 Å². The number of carbonyl (C=O) groups excluding carboxylic acids is 1. The zero-order chi connectivity index (χ0) is 15.2. The van der Waals surface area contributed by atoms with E-state index in [1.165, 1.54) is 0 Å². The molecular formula is C17H20N2O2. The summed E-state index contributed by atoms with van der Waals surface area (Å²) in [6, 6.07) is 13.1. The van der Waals surface area contributed by atoms with Gasteiger partial charge in [-0.1, -0.05) is 30.3 Å². The average molecular weight is 284 g/mol. The summed E-state index contributed by atoms with van der Waals surface area (Å²) in [7, 11) is 0. The number of nitrogens with one attached hydrogen (secondary N) is 1. The smallest absolute Gasteiger partial charge is 0.255 e. The summed E-state index contributed by atoms with van der Waals surface area (Å²) in [5.74, 6) is 0.260. The first-order chi connectivity index (χ1) is 10.1. The van der Waals surface area contributed by atoms with E-state index in [0.29, 0.717) is 30.2 Å². The largest absolute Gasteiger partial charge is 0.491 e. The Labute approximate surface area is 124 Å². The van der Waals surface area contributed by atoms with Crippen molar-refractivity contribution in [2.45, 2.75) is 20.4 Å². The fraction of sp³-hybridized carbons (Fsp3) is 0.235. The maximum Gasteiger partial charge on any atom is 0.255 e. The molecule has 0 unspecified atom stereocenters. The number of aryl methyl sites for hydroxylation is 1. The number of nitrogen functional groups attached to an aromatic ring is 1. The first-order valence-corrected chi connectivity index (χ1v) is 6.97. The first-order valence-electron chi connectivity index (χ1n) is 6.97. The summed E-state index contributed by atoms with van der Waals surface area (Å²) < 4.78 is 5.48. The fourth-order valence-electron chi connectivity index (χ4n) is 2.12. The Bertz CT molecular complexity index is 638. The fourth-order valence-corrected chi connectivity index (χ4v) is 2.12. The van der Waals surface area contributed by atoms with Gasteiger partial charge in [0.1, 0.15) is 0 Å². The number of nitrogens with two attached hydrogens (primary N) is 1. The maximum atomic E-state index is 12.3. The molecule has 4 nitrogen and oxygen atoms in total. The van der Waals surface area contributed by atoms with E-state index in [-0.39, 0.29) is 5.91 Å². The van der Waals surface area contributed by atoms with E-state index in [9.17, 15) is 4.79 Å². The second-order valence-electron chi connectivity index (χ2n) is 4.77. The van der Waals surface area contributed by atoms with Crippen LogP contribution >= 0.6 is 0 Å². The molecule has 110 valence electrons. The van der Waals surface area contributed by atoms with E-state index in [1.807, 2.05) is 38.1 Å². The van der Waals surface area contributed by atoms with Gasteiger partial charge in [-0.05, 0) is 37.1 Å². The lowest BCUT2D eigenvalue weighted by Crippen LogP contribution is -2.24. The molecule has 2 rings (SSSR count). The lowest BCUT2D eigenvalue weighted by molar-refractivity contribution is 0.0947. The number of para-hydroxylation sites is 1. The Morgan fingerprint density at radius 2 is 1.95 bits per heavy atom. The minimum absolute atomic E-state index is 0.186. The normalized spacial score (nSPS) is 10.2. The van der Waals surface area contributed by atoms with E-state index in [0.717, 1.165) is 11.1 Å². The van der Waals surface area contributed by atoms with Crippen molar-refractivity contribution in [1.82, 2.24) is 5.32 Å². The summed E-state index contributed by atoms with van der Waals surface area (Å²) in [6.45, 7) is 4.83. The number of hydrogen-bond donors (Lipinski definition) is 2.